The Kier molecular flexibility index (Phi) is 36.9. The van der Waals surface area contributed by atoms with E-state index in [0.29, 0.717) is 12.8 Å². The van der Waals surface area contributed by atoms with Gasteiger partial charge in [-0.25, -0.2) is 0 Å². The molecule has 1 amide bonds. The third-order valence-corrected chi connectivity index (χ3v) is 9.15. The van der Waals surface area contributed by atoms with Crippen molar-refractivity contribution < 1.29 is 15.0 Å². The number of hydrogen-bond donors (Lipinski definition) is 3. The van der Waals surface area contributed by atoms with Gasteiger partial charge >= 0.3 is 0 Å². The van der Waals surface area contributed by atoms with Gasteiger partial charge in [0.25, 0.3) is 0 Å². The molecule has 0 aromatic rings. The topological polar surface area (TPSA) is 69.6 Å². The average molecular weight is 646 g/mol. The van der Waals surface area contributed by atoms with E-state index in [1.54, 1.807) is 0 Å². The van der Waals surface area contributed by atoms with E-state index in [9.17, 15) is 15.0 Å². The van der Waals surface area contributed by atoms with E-state index in [1.165, 1.54) is 128 Å². The van der Waals surface area contributed by atoms with E-state index in [2.05, 4.69) is 55.6 Å². The lowest BCUT2D eigenvalue weighted by Crippen LogP contribution is -2.45. The first-order valence-corrected chi connectivity index (χ1v) is 20.2. The molecule has 3 N–H and O–H groups in total. The van der Waals surface area contributed by atoms with Gasteiger partial charge < -0.3 is 15.5 Å². The molecule has 0 spiro atoms. The molecule has 0 saturated carbocycles. The van der Waals surface area contributed by atoms with E-state index >= 15 is 0 Å². The van der Waals surface area contributed by atoms with Crippen LogP contribution >= 0.6 is 0 Å². The maximum Gasteiger partial charge on any atom is 0.220 e. The summed E-state index contributed by atoms with van der Waals surface area (Å²) in [7, 11) is 0. The van der Waals surface area contributed by atoms with Gasteiger partial charge in [-0.2, -0.15) is 0 Å². The minimum absolute atomic E-state index is 0.0447. The van der Waals surface area contributed by atoms with E-state index in [4.69, 9.17) is 0 Å². The molecule has 0 saturated heterocycles. The summed E-state index contributed by atoms with van der Waals surface area (Å²) in [5.41, 5.74) is 0. The van der Waals surface area contributed by atoms with Crippen molar-refractivity contribution in [3.63, 3.8) is 0 Å². The van der Waals surface area contributed by atoms with Crippen molar-refractivity contribution in [1.29, 1.82) is 0 Å². The fraction of sp³-hybridized carbons (Fsp3) is 0.833. The maximum absolute atomic E-state index is 12.4. The molecule has 0 aliphatic rings. The van der Waals surface area contributed by atoms with Crippen molar-refractivity contribution in [2.75, 3.05) is 6.61 Å². The molecule has 4 nitrogen and oxygen atoms in total. The number of rotatable bonds is 36. The van der Waals surface area contributed by atoms with E-state index in [1.807, 2.05) is 0 Å². The van der Waals surface area contributed by atoms with Gasteiger partial charge in [-0.1, -0.05) is 185 Å². The van der Waals surface area contributed by atoms with Crippen molar-refractivity contribution in [3.05, 3.63) is 36.5 Å². The summed E-state index contributed by atoms with van der Waals surface area (Å²) in [6, 6.07) is -0.542. The van der Waals surface area contributed by atoms with E-state index < -0.39 is 12.1 Å². The van der Waals surface area contributed by atoms with Gasteiger partial charge in [0.05, 0.1) is 18.8 Å². The largest absolute Gasteiger partial charge is 0.394 e. The van der Waals surface area contributed by atoms with Gasteiger partial charge in [-0.05, 0) is 51.4 Å². The molecule has 0 bridgehead atoms. The standard InChI is InChI=1S/C42H79NO3/c1-3-5-7-9-11-13-15-17-19-20-21-22-24-26-28-30-32-34-36-38-42(46)43-40(39-44)41(45)37-35-33-31-29-27-25-23-18-16-14-12-10-8-6-4-2/h11,13,17,19,21-22,40-41,44-45H,3-10,12,14-16,18,20,23-39H2,1-2H3,(H,43,46)/b13-11-,19-17-,22-21-. The third kappa shape index (κ3) is 34.0. The highest BCUT2D eigenvalue weighted by Crippen LogP contribution is 2.15. The first kappa shape index (κ1) is 44.6. The number of aliphatic hydroxyl groups excluding tert-OH is 2. The second-order valence-corrected chi connectivity index (χ2v) is 13.7. The Morgan fingerprint density at radius 1 is 0.522 bits per heavy atom. The Bertz CT molecular complexity index is 701. The van der Waals surface area contributed by atoms with Crippen LogP contribution in [-0.2, 0) is 4.79 Å². The van der Waals surface area contributed by atoms with Crippen LogP contribution in [0.3, 0.4) is 0 Å². The van der Waals surface area contributed by atoms with Gasteiger partial charge in [-0.3, -0.25) is 4.79 Å². The summed E-state index contributed by atoms with van der Waals surface area (Å²) in [6.45, 7) is 4.32. The zero-order valence-corrected chi connectivity index (χ0v) is 30.8. The molecule has 0 heterocycles. The highest BCUT2D eigenvalue weighted by molar-refractivity contribution is 5.76. The number of carbonyl (C=O) groups excluding carboxylic acids is 1. The lowest BCUT2D eigenvalue weighted by Gasteiger charge is -2.22. The van der Waals surface area contributed by atoms with Crippen LogP contribution in [0.1, 0.15) is 206 Å². The molecule has 0 aliphatic heterocycles. The maximum atomic E-state index is 12.4. The monoisotopic (exact) mass is 646 g/mol. The molecule has 2 unspecified atom stereocenters. The number of unbranched alkanes of at least 4 members (excludes halogenated alkanes) is 23. The Balaban J connectivity index is 3.59. The fourth-order valence-corrected chi connectivity index (χ4v) is 6.01. The lowest BCUT2D eigenvalue weighted by molar-refractivity contribution is -0.123. The SMILES string of the molecule is CCCCC/C=C\C/C=C\C/C=C\CCCCCCCCC(=O)NC(CO)C(O)CCCCCCCCCCCCCCCCC. The minimum atomic E-state index is -0.664. The van der Waals surface area contributed by atoms with E-state index in [-0.39, 0.29) is 12.5 Å². The molecular weight excluding hydrogens is 566 g/mol. The highest BCUT2D eigenvalue weighted by Gasteiger charge is 2.19. The van der Waals surface area contributed by atoms with E-state index in [0.717, 1.165) is 51.4 Å². The summed E-state index contributed by atoms with van der Waals surface area (Å²) in [5.74, 6) is -0.0447. The van der Waals surface area contributed by atoms with Crippen LogP contribution in [0.2, 0.25) is 0 Å². The molecule has 0 aromatic carbocycles. The predicted molar refractivity (Wildman–Crippen MR) is 202 cm³/mol. The molecule has 270 valence electrons. The van der Waals surface area contributed by atoms with Crippen LogP contribution in [0.25, 0.3) is 0 Å². The van der Waals surface area contributed by atoms with Gasteiger partial charge in [0.15, 0.2) is 0 Å². The van der Waals surface area contributed by atoms with Crippen molar-refractivity contribution in [2.24, 2.45) is 0 Å². The average Bonchev–Trinajstić information content (AvgIpc) is 3.06. The zero-order valence-electron chi connectivity index (χ0n) is 30.8. The number of allylic oxidation sites excluding steroid dienone is 6. The Morgan fingerprint density at radius 3 is 1.37 bits per heavy atom. The quantitative estimate of drug-likeness (QED) is 0.0469. The summed E-state index contributed by atoms with van der Waals surface area (Å²) in [5, 5.41) is 23.1. The van der Waals surface area contributed by atoms with Gasteiger partial charge in [0, 0.05) is 6.42 Å². The van der Waals surface area contributed by atoms with Crippen molar-refractivity contribution in [2.45, 2.75) is 219 Å². The summed E-state index contributed by atoms with van der Waals surface area (Å²) in [4.78, 5) is 12.4. The predicted octanol–water partition coefficient (Wildman–Crippen LogP) is 12.2. The summed E-state index contributed by atoms with van der Waals surface area (Å²) >= 11 is 0. The molecule has 0 rings (SSSR count). The molecular formula is C42H79NO3. The summed E-state index contributed by atoms with van der Waals surface area (Å²) < 4.78 is 0. The van der Waals surface area contributed by atoms with Gasteiger partial charge in [0.1, 0.15) is 0 Å². The van der Waals surface area contributed by atoms with Crippen molar-refractivity contribution in [3.8, 4) is 0 Å². The van der Waals surface area contributed by atoms with Crippen LogP contribution in [-0.4, -0.2) is 34.9 Å². The normalized spacial score (nSPS) is 13.4. The molecule has 4 heteroatoms. The number of hydrogen-bond acceptors (Lipinski definition) is 3. The number of nitrogens with one attached hydrogen (secondary N) is 1. The van der Waals surface area contributed by atoms with Crippen LogP contribution in [0, 0.1) is 0 Å². The smallest absolute Gasteiger partial charge is 0.220 e. The first-order valence-electron chi connectivity index (χ1n) is 20.2. The van der Waals surface area contributed by atoms with Crippen LogP contribution in [0.4, 0.5) is 0 Å². The molecule has 2 atom stereocenters. The molecule has 0 aromatic heterocycles. The third-order valence-electron chi connectivity index (χ3n) is 9.15. The van der Waals surface area contributed by atoms with Crippen LogP contribution in [0.15, 0.2) is 36.5 Å². The van der Waals surface area contributed by atoms with Gasteiger partial charge in [-0.15, -0.1) is 0 Å². The molecule has 0 fully saturated rings. The number of aliphatic hydroxyl groups is 2. The molecule has 0 radical (unpaired) electrons. The lowest BCUT2D eigenvalue weighted by atomic mass is 10.0. The molecule has 46 heavy (non-hydrogen) atoms. The van der Waals surface area contributed by atoms with Crippen molar-refractivity contribution in [1.82, 2.24) is 5.32 Å². The summed E-state index contributed by atoms with van der Waals surface area (Å²) in [6.07, 6.45) is 49.1. The Labute approximate surface area is 287 Å². The first-order chi connectivity index (χ1) is 22.7. The van der Waals surface area contributed by atoms with Crippen molar-refractivity contribution >= 4 is 5.91 Å². The zero-order chi connectivity index (χ0) is 33.6. The number of amides is 1. The molecule has 0 aliphatic carbocycles. The van der Waals surface area contributed by atoms with Crippen LogP contribution < -0.4 is 5.32 Å². The second kappa shape index (κ2) is 38.1. The Hall–Kier alpha value is -1.39. The van der Waals surface area contributed by atoms with Gasteiger partial charge in [0.2, 0.25) is 5.91 Å². The Morgan fingerprint density at radius 2 is 0.891 bits per heavy atom. The fourth-order valence-electron chi connectivity index (χ4n) is 6.01. The second-order valence-electron chi connectivity index (χ2n) is 13.7. The minimum Gasteiger partial charge on any atom is -0.394 e. The highest BCUT2D eigenvalue weighted by atomic mass is 16.3. The number of carbonyl (C=O) groups is 1. The van der Waals surface area contributed by atoms with Crippen LogP contribution in [0.5, 0.6) is 0 Å².